The summed E-state index contributed by atoms with van der Waals surface area (Å²) in [5.74, 6) is 0. The summed E-state index contributed by atoms with van der Waals surface area (Å²) < 4.78 is 0. The van der Waals surface area contributed by atoms with Gasteiger partial charge in [0.15, 0.2) is 0 Å². The zero-order valence-corrected chi connectivity index (χ0v) is 9.18. The van der Waals surface area contributed by atoms with Crippen LogP contribution in [0.15, 0.2) is 30.6 Å². The summed E-state index contributed by atoms with van der Waals surface area (Å²) in [4.78, 5) is 0. The third-order valence-corrected chi connectivity index (χ3v) is 1.71. The Balaban J connectivity index is 0.000000162. The molecule has 1 heterocycles. The first kappa shape index (κ1) is 11.2. The molecule has 0 aliphatic rings. The normalized spacial score (nSPS) is 9.00. The van der Waals surface area contributed by atoms with Gasteiger partial charge in [-0.2, -0.15) is 0 Å². The number of rotatable bonds is 0. The number of nitrogens with zero attached hydrogens (tertiary/aromatic N) is 4. The predicted molar refractivity (Wildman–Crippen MR) is 58.3 cm³/mol. The van der Waals surface area contributed by atoms with Crippen LogP contribution in [0.25, 0.3) is 0 Å². The molecule has 0 saturated heterocycles. The molecular formula is C11H14N4. The Morgan fingerprint density at radius 3 is 1.20 bits per heavy atom. The summed E-state index contributed by atoms with van der Waals surface area (Å²) in [5.41, 5.74) is 4.06. The molecule has 0 N–H and O–H groups in total. The minimum absolute atomic E-state index is 1.35. The Hall–Kier alpha value is -1.84. The highest BCUT2D eigenvalue weighted by molar-refractivity contribution is 5.27. The summed E-state index contributed by atoms with van der Waals surface area (Å²) in [6, 6.07) is 6.56. The molecule has 0 aliphatic heterocycles. The van der Waals surface area contributed by atoms with Gasteiger partial charge in [0.05, 0.1) is 12.4 Å². The third-order valence-electron chi connectivity index (χ3n) is 1.71. The lowest BCUT2D eigenvalue weighted by atomic mass is 10.1. The Labute approximate surface area is 89.4 Å². The second-order valence-electron chi connectivity index (χ2n) is 3.37. The number of aromatic nitrogens is 4. The summed E-state index contributed by atoms with van der Waals surface area (Å²) in [7, 11) is 0. The number of benzene rings is 1. The van der Waals surface area contributed by atoms with E-state index in [-0.39, 0.29) is 0 Å². The van der Waals surface area contributed by atoms with Crippen molar-refractivity contribution in [3.8, 4) is 0 Å². The van der Waals surface area contributed by atoms with Crippen LogP contribution in [-0.2, 0) is 0 Å². The van der Waals surface area contributed by atoms with Gasteiger partial charge in [-0.25, -0.2) is 0 Å². The molecule has 0 atom stereocenters. The molecule has 15 heavy (non-hydrogen) atoms. The highest BCUT2D eigenvalue weighted by Gasteiger charge is 1.87. The van der Waals surface area contributed by atoms with Gasteiger partial charge in [-0.1, -0.05) is 34.9 Å². The van der Waals surface area contributed by atoms with Crippen molar-refractivity contribution in [2.24, 2.45) is 0 Å². The summed E-state index contributed by atoms with van der Waals surface area (Å²) in [6.45, 7) is 6.38. The minimum Gasteiger partial charge on any atom is -0.136 e. The fourth-order valence-electron chi connectivity index (χ4n) is 1.37. The van der Waals surface area contributed by atoms with Crippen molar-refractivity contribution in [3.05, 3.63) is 47.3 Å². The van der Waals surface area contributed by atoms with Gasteiger partial charge in [-0.15, -0.1) is 10.2 Å². The molecule has 0 aliphatic carbocycles. The van der Waals surface area contributed by atoms with Crippen LogP contribution >= 0.6 is 0 Å². The van der Waals surface area contributed by atoms with Crippen LogP contribution in [0.3, 0.4) is 0 Å². The fourth-order valence-corrected chi connectivity index (χ4v) is 1.37. The molecule has 0 fully saturated rings. The second kappa shape index (κ2) is 5.80. The summed E-state index contributed by atoms with van der Waals surface area (Å²) in [5, 5.41) is 13.1. The second-order valence-corrected chi connectivity index (χ2v) is 3.37. The summed E-state index contributed by atoms with van der Waals surface area (Å²) >= 11 is 0. The molecule has 4 heteroatoms. The van der Waals surface area contributed by atoms with E-state index in [9.17, 15) is 0 Å². The van der Waals surface area contributed by atoms with E-state index >= 15 is 0 Å². The Morgan fingerprint density at radius 2 is 1.00 bits per heavy atom. The molecular weight excluding hydrogens is 188 g/mol. The van der Waals surface area contributed by atoms with Gasteiger partial charge in [0.1, 0.15) is 0 Å². The molecule has 4 nitrogen and oxygen atoms in total. The van der Waals surface area contributed by atoms with E-state index in [0.29, 0.717) is 0 Å². The zero-order valence-electron chi connectivity index (χ0n) is 9.18. The van der Waals surface area contributed by atoms with Crippen LogP contribution in [0, 0.1) is 20.8 Å². The number of aryl methyl sites for hydroxylation is 3. The standard InChI is InChI=1S/C9H12.C2H2N4/c1-7-4-8(2)6-9(3)5-7;1-2-4-6-5-3-1/h4-6H,1-3H3;1-2H. The molecule has 0 bridgehead atoms. The van der Waals surface area contributed by atoms with Gasteiger partial charge < -0.3 is 0 Å². The molecule has 78 valence electrons. The lowest BCUT2D eigenvalue weighted by molar-refractivity contribution is 0.761. The molecule has 0 radical (unpaired) electrons. The maximum Gasteiger partial charge on any atom is 0.0716 e. The van der Waals surface area contributed by atoms with Crippen LogP contribution in [0.4, 0.5) is 0 Å². The van der Waals surface area contributed by atoms with E-state index in [1.165, 1.54) is 29.1 Å². The van der Waals surface area contributed by atoms with Crippen molar-refractivity contribution in [3.63, 3.8) is 0 Å². The molecule has 1 aromatic heterocycles. The van der Waals surface area contributed by atoms with Crippen molar-refractivity contribution < 1.29 is 0 Å². The van der Waals surface area contributed by atoms with Crippen molar-refractivity contribution in [2.45, 2.75) is 20.8 Å². The third kappa shape index (κ3) is 4.81. The lowest BCUT2D eigenvalue weighted by Crippen LogP contribution is -1.84. The van der Waals surface area contributed by atoms with Crippen LogP contribution in [0.1, 0.15) is 16.7 Å². The van der Waals surface area contributed by atoms with Crippen molar-refractivity contribution in [1.82, 2.24) is 20.6 Å². The maximum atomic E-state index is 3.36. The van der Waals surface area contributed by atoms with Crippen LogP contribution in [-0.4, -0.2) is 20.6 Å². The molecule has 0 unspecified atom stereocenters. The van der Waals surface area contributed by atoms with E-state index in [1.807, 2.05) is 0 Å². The average molecular weight is 202 g/mol. The van der Waals surface area contributed by atoms with Gasteiger partial charge in [0.25, 0.3) is 0 Å². The number of hydrogen-bond acceptors (Lipinski definition) is 4. The first-order valence-electron chi connectivity index (χ1n) is 4.68. The maximum absolute atomic E-state index is 3.36. The van der Waals surface area contributed by atoms with Gasteiger partial charge in [0, 0.05) is 0 Å². The van der Waals surface area contributed by atoms with Crippen LogP contribution in [0.5, 0.6) is 0 Å². The smallest absolute Gasteiger partial charge is 0.0716 e. The average Bonchev–Trinajstić information content (AvgIpc) is 2.19. The van der Waals surface area contributed by atoms with Crippen molar-refractivity contribution in [1.29, 1.82) is 0 Å². The van der Waals surface area contributed by atoms with E-state index in [1.54, 1.807) is 0 Å². The first-order valence-corrected chi connectivity index (χ1v) is 4.68. The van der Waals surface area contributed by atoms with E-state index in [2.05, 4.69) is 59.6 Å². The molecule has 0 saturated carbocycles. The molecule has 2 aromatic rings. The SMILES string of the molecule is Cc1cc(C)cc(C)c1.c1cnnnn1. The fraction of sp³-hybridized carbons (Fsp3) is 0.273. The topological polar surface area (TPSA) is 51.6 Å². The molecule has 1 aromatic carbocycles. The summed E-state index contributed by atoms with van der Waals surface area (Å²) in [6.07, 6.45) is 2.93. The van der Waals surface area contributed by atoms with Crippen molar-refractivity contribution >= 4 is 0 Å². The van der Waals surface area contributed by atoms with Gasteiger partial charge in [0.2, 0.25) is 0 Å². The first-order chi connectivity index (χ1) is 7.18. The molecule has 2 rings (SSSR count). The van der Waals surface area contributed by atoms with E-state index in [4.69, 9.17) is 0 Å². The molecule has 0 amide bonds. The van der Waals surface area contributed by atoms with Crippen LogP contribution in [0.2, 0.25) is 0 Å². The van der Waals surface area contributed by atoms with Gasteiger partial charge >= 0.3 is 0 Å². The quantitative estimate of drug-likeness (QED) is 0.654. The van der Waals surface area contributed by atoms with Crippen molar-refractivity contribution in [2.75, 3.05) is 0 Å². The zero-order chi connectivity index (χ0) is 11.1. The van der Waals surface area contributed by atoms with Gasteiger partial charge in [-0.3, -0.25) is 0 Å². The van der Waals surface area contributed by atoms with Gasteiger partial charge in [-0.05, 0) is 31.2 Å². The number of hydrogen-bond donors (Lipinski definition) is 0. The Morgan fingerprint density at radius 1 is 0.667 bits per heavy atom. The minimum atomic E-state index is 1.35. The predicted octanol–water partition coefficient (Wildman–Crippen LogP) is 1.88. The molecule has 0 spiro atoms. The lowest BCUT2D eigenvalue weighted by Gasteiger charge is -1.96. The van der Waals surface area contributed by atoms with E-state index in [0.717, 1.165) is 0 Å². The highest BCUT2D eigenvalue weighted by Crippen LogP contribution is 2.06. The van der Waals surface area contributed by atoms with E-state index < -0.39 is 0 Å². The monoisotopic (exact) mass is 202 g/mol. The highest BCUT2D eigenvalue weighted by atomic mass is 15.4. The Kier molecular flexibility index (Phi) is 4.34. The Bertz CT molecular complexity index is 323. The van der Waals surface area contributed by atoms with Crippen LogP contribution < -0.4 is 0 Å². The largest absolute Gasteiger partial charge is 0.136 e.